The molecule has 0 aliphatic carbocycles. The van der Waals surface area contributed by atoms with E-state index in [1.54, 1.807) is 37.2 Å². The topological polar surface area (TPSA) is 382 Å². The molecule has 12 rings (SSSR count). The second-order valence-electron chi connectivity index (χ2n) is 18.6. The number of nitrogens with zero attached hydrogens (tertiary/aromatic N) is 18. The van der Waals surface area contributed by atoms with Gasteiger partial charge < -0.3 is 46.1 Å². The van der Waals surface area contributed by atoms with Gasteiger partial charge in [0.1, 0.15) is 0 Å². The highest BCUT2D eigenvalue weighted by Crippen LogP contribution is 2.39. The van der Waals surface area contributed by atoms with Crippen molar-refractivity contribution in [2.24, 2.45) is 0 Å². The first-order chi connectivity index (χ1) is 37.3. The van der Waals surface area contributed by atoms with Crippen molar-refractivity contribution in [1.82, 2.24) is 59.8 Å². The summed E-state index contributed by atoms with van der Waals surface area (Å²) in [6.07, 6.45) is 14.7. The van der Waals surface area contributed by atoms with Crippen LogP contribution >= 0.6 is 0 Å². The first-order valence-electron chi connectivity index (χ1n) is 24.7. The van der Waals surface area contributed by atoms with Gasteiger partial charge in [0.05, 0.1) is 75.5 Å². The number of rotatable bonds is 9. The summed E-state index contributed by atoms with van der Waals surface area (Å²) in [7, 11) is -10.3. The van der Waals surface area contributed by atoms with Gasteiger partial charge in [0.15, 0.2) is 17.5 Å². The van der Waals surface area contributed by atoms with Gasteiger partial charge in [-0.25, -0.2) is 70.1 Å². The maximum absolute atomic E-state index is 12.2. The molecule has 6 aromatic heterocycles. The molecule has 6 aromatic rings. The van der Waals surface area contributed by atoms with E-state index in [0.717, 1.165) is 16.7 Å². The van der Waals surface area contributed by atoms with E-state index in [9.17, 15) is 25.3 Å². The zero-order chi connectivity index (χ0) is 54.9. The fourth-order valence-corrected chi connectivity index (χ4v) is 12.1. The lowest BCUT2D eigenvalue weighted by atomic mass is 10.1. The smallest absolute Gasteiger partial charge is 0.233 e. The molecule has 0 unspecified atom stereocenters. The van der Waals surface area contributed by atoms with Crippen molar-refractivity contribution in [3.8, 4) is 33.8 Å². The van der Waals surface area contributed by atoms with Gasteiger partial charge in [-0.05, 0) is 19.3 Å². The van der Waals surface area contributed by atoms with Gasteiger partial charge in [-0.15, -0.1) is 0 Å². The van der Waals surface area contributed by atoms with Gasteiger partial charge >= 0.3 is 0 Å². The monoisotopic (exact) mass is 1130 g/mol. The number of fused-ring (bicyclic) bond motifs is 3. The standard InChI is InChI=1S/3C15H19N7O3S/c3*1-26(23,24)22-3-2-11-12(10-8-17-14(16)18-9-10)19-15(20-13(11)22)21-4-6-25-7-5-21/h3*8-9H,2-7H2,1H3,(H2,16,17,18). The molecule has 0 saturated carbocycles. The minimum Gasteiger partial charge on any atom is -0.378 e. The minimum atomic E-state index is -3.42. The number of aromatic nitrogens is 12. The molecule has 30 nitrogen and oxygen atoms in total. The van der Waals surface area contributed by atoms with E-state index in [2.05, 4.69) is 44.9 Å². The molecule has 6 N–H and O–H groups in total. The number of nitrogen functional groups attached to an aromatic ring is 3. The Morgan fingerprint density at radius 2 is 0.603 bits per heavy atom. The zero-order valence-corrected chi connectivity index (χ0v) is 45.3. The summed E-state index contributed by atoms with van der Waals surface area (Å²) in [4.78, 5) is 58.0. The van der Waals surface area contributed by atoms with Gasteiger partial charge in [0, 0.05) is 129 Å². The second-order valence-corrected chi connectivity index (χ2v) is 24.3. The van der Waals surface area contributed by atoms with Crippen LogP contribution in [-0.4, -0.2) is 202 Å². The predicted molar refractivity (Wildman–Crippen MR) is 289 cm³/mol. The van der Waals surface area contributed by atoms with Crippen LogP contribution in [0, 0.1) is 0 Å². The summed E-state index contributed by atoms with van der Waals surface area (Å²) in [5.41, 5.74) is 23.0. The van der Waals surface area contributed by atoms with Gasteiger partial charge in [-0.1, -0.05) is 0 Å². The van der Waals surface area contributed by atoms with Crippen molar-refractivity contribution in [2.75, 3.05) is 162 Å². The molecule has 0 amide bonds. The molecule has 414 valence electrons. The lowest BCUT2D eigenvalue weighted by Gasteiger charge is -2.28. The van der Waals surface area contributed by atoms with Crippen molar-refractivity contribution in [2.45, 2.75) is 19.3 Å². The Hall–Kier alpha value is -7.59. The van der Waals surface area contributed by atoms with Crippen molar-refractivity contribution in [1.29, 1.82) is 0 Å². The Balaban J connectivity index is 0.000000132. The Morgan fingerprint density at radius 3 is 0.821 bits per heavy atom. The zero-order valence-electron chi connectivity index (χ0n) is 42.9. The van der Waals surface area contributed by atoms with E-state index in [0.29, 0.717) is 187 Å². The van der Waals surface area contributed by atoms with Crippen LogP contribution in [0.25, 0.3) is 33.8 Å². The summed E-state index contributed by atoms with van der Waals surface area (Å²) >= 11 is 0. The van der Waals surface area contributed by atoms with Gasteiger partial charge in [-0.2, -0.15) is 15.0 Å². The molecule has 78 heavy (non-hydrogen) atoms. The molecule has 6 aliphatic heterocycles. The number of hydrogen-bond donors (Lipinski definition) is 3. The molecule has 0 atom stereocenters. The predicted octanol–water partition coefficient (Wildman–Crippen LogP) is -0.976. The Bertz CT molecular complexity index is 3150. The van der Waals surface area contributed by atoms with Crippen molar-refractivity contribution < 1.29 is 39.5 Å². The molecular formula is C45H57N21O9S3. The Kier molecular flexibility index (Phi) is 15.2. The lowest BCUT2D eigenvalue weighted by Crippen LogP contribution is -2.38. The van der Waals surface area contributed by atoms with Gasteiger partial charge in [0.2, 0.25) is 65.8 Å². The third kappa shape index (κ3) is 11.6. The molecule has 0 radical (unpaired) electrons. The largest absolute Gasteiger partial charge is 0.378 e. The number of morpholine rings is 3. The third-order valence-corrected chi connectivity index (χ3v) is 16.7. The maximum atomic E-state index is 12.2. The van der Waals surface area contributed by atoms with Crippen molar-refractivity contribution in [3.05, 3.63) is 53.9 Å². The Morgan fingerprint density at radius 1 is 0.372 bits per heavy atom. The van der Waals surface area contributed by atoms with Gasteiger partial charge in [-0.3, -0.25) is 12.9 Å². The van der Waals surface area contributed by atoms with Crippen LogP contribution in [0.1, 0.15) is 16.7 Å². The lowest BCUT2D eigenvalue weighted by molar-refractivity contribution is 0.122. The highest BCUT2D eigenvalue weighted by atomic mass is 32.2. The molecule has 12 heterocycles. The fourth-order valence-electron chi connectivity index (χ4n) is 9.43. The van der Waals surface area contributed by atoms with Crippen LogP contribution in [0.15, 0.2) is 37.2 Å². The molecule has 0 bridgehead atoms. The number of anilines is 9. The Labute approximate surface area is 449 Å². The third-order valence-electron chi connectivity index (χ3n) is 13.2. The van der Waals surface area contributed by atoms with E-state index in [1.165, 1.54) is 31.7 Å². The highest BCUT2D eigenvalue weighted by molar-refractivity contribution is 7.92. The minimum absolute atomic E-state index is 0.172. The number of ether oxygens (including phenoxy) is 3. The van der Waals surface area contributed by atoms with E-state index in [4.69, 9.17) is 46.4 Å². The van der Waals surface area contributed by atoms with E-state index in [-0.39, 0.29) is 17.8 Å². The van der Waals surface area contributed by atoms with Crippen LogP contribution in [0.5, 0.6) is 0 Å². The molecule has 0 spiro atoms. The van der Waals surface area contributed by atoms with Crippen LogP contribution in [0.2, 0.25) is 0 Å². The van der Waals surface area contributed by atoms with Crippen LogP contribution < -0.4 is 44.8 Å². The average molecular weight is 1130 g/mol. The molecule has 3 saturated heterocycles. The van der Waals surface area contributed by atoms with Crippen LogP contribution in [-0.2, 0) is 63.5 Å². The normalized spacial score (nSPS) is 17.4. The first kappa shape index (κ1) is 53.8. The number of nitrogens with two attached hydrogens (primary N) is 3. The van der Waals surface area contributed by atoms with Crippen LogP contribution in [0.4, 0.5) is 53.1 Å². The molecule has 3 fully saturated rings. The summed E-state index contributed by atoms with van der Waals surface area (Å²) in [6.45, 7) is 8.40. The first-order valence-corrected chi connectivity index (χ1v) is 30.2. The molecular weight excluding hydrogens is 1070 g/mol. The summed E-state index contributed by atoms with van der Waals surface area (Å²) in [5, 5.41) is 0. The second kappa shape index (κ2) is 22.0. The van der Waals surface area contributed by atoms with Crippen molar-refractivity contribution in [3.63, 3.8) is 0 Å². The molecule has 6 aliphatic rings. The van der Waals surface area contributed by atoms with Crippen LogP contribution in [0.3, 0.4) is 0 Å². The summed E-state index contributed by atoms with van der Waals surface area (Å²) < 4.78 is 93.1. The SMILES string of the molecule is CS(=O)(=O)N1CCc2c(-c3cnc(N)nc3)nc(N3CCOCC3)nc21.CS(=O)(=O)N1CCc2c(-c3cnc(N)nc3)nc(N3CCOCC3)nc21.CS(=O)(=O)N1CCc2c(-c3cnc(N)nc3)nc(N3CCOCC3)nc21. The van der Waals surface area contributed by atoms with E-state index < -0.39 is 30.1 Å². The number of hydrogen-bond acceptors (Lipinski definition) is 27. The van der Waals surface area contributed by atoms with E-state index in [1.807, 2.05) is 14.7 Å². The quantitative estimate of drug-likeness (QED) is 0.157. The van der Waals surface area contributed by atoms with E-state index >= 15 is 0 Å². The summed E-state index contributed by atoms with van der Waals surface area (Å²) in [6, 6.07) is 0. The fraction of sp³-hybridized carbons (Fsp3) is 0.467. The maximum Gasteiger partial charge on any atom is 0.233 e. The van der Waals surface area contributed by atoms with Gasteiger partial charge in [0.25, 0.3) is 0 Å². The highest BCUT2D eigenvalue weighted by Gasteiger charge is 2.36. The molecule has 33 heteroatoms. The molecule has 0 aromatic carbocycles. The summed E-state index contributed by atoms with van der Waals surface area (Å²) in [5.74, 6) is 3.24. The number of sulfonamides is 3. The average Bonchev–Trinajstić information content (AvgIpc) is 4.39. The van der Waals surface area contributed by atoms with Crippen molar-refractivity contribution >= 4 is 83.2 Å².